The zero-order valence-corrected chi connectivity index (χ0v) is 13.3. The van der Waals surface area contributed by atoms with Gasteiger partial charge in [-0.3, -0.25) is 4.90 Å². The molecule has 1 aliphatic rings. The Morgan fingerprint density at radius 1 is 1.48 bits per heavy atom. The van der Waals surface area contributed by atoms with Gasteiger partial charge >= 0.3 is 0 Å². The molecule has 1 aromatic rings. The Balaban J connectivity index is 2.00. The molecular formula is C17H27N3O. The van der Waals surface area contributed by atoms with Gasteiger partial charge in [0.2, 0.25) is 0 Å². The van der Waals surface area contributed by atoms with E-state index in [4.69, 9.17) is 0 Å². The summed E-state index contributed by atoms with van der Waals surface area (Å²) in [6, 6.07) is 4.20. The zero-order chi connectivity index (χ0) is 15.3. The first-order chi connectivity index (χ1) is 10.1. The van der Waals surface area contributed by atoms with Crippen molar-refractivity contribution in [3.05, 3.63) is 36.5 Å². The summed E-state index contributed by atoms with van der Waals surface area (Å²) >= 11 is 0. The smallest absolute Gasteiger partial charge is 0.127 e. The van der Waals surface area contributed by atoms with Crippen LogP contribution in [0.15, 0.2) is 31.0 Å². The van der Waals surface area contributed by atoms with Gasteiger partial charge < -0.3 is 10.0 Å². The first-order valence-electron chi connectivity index (χ1n) is 7.65. The van der Waals surface area contributed by atoms with Crippen LogP contribution in [0, 0.1) is 5.41 Å². The molecule has 1 aromatic heterocycles. The fraction of sp³-hybridized carbons (Fsp3) is 0.588. The van der Waals surface area contributed by atoms with E-state index in [9.17, 15) is 5.11 Å². The van der Waals surface area contributed by atoms with Gasteiger partial charge in [0.1, 0.15) is 5.82 Å². The second kappa shape index (κ2) is 7.05. The van der Waals surface area contributed by atoms with Gasteiger partial charge in [0.15, 0.2) is 0 Å². The van der Waals surface area contributed by atoms with Crippen molar-refractivity contribution in [2.45, 2.75) is 25.8 Å². The van der Waals surface area contributed by atoms with Gasteiger partial charge in [-0.15, -0.1) is 6.58 Å². The van der Waals surface area contributed by atoms with E-state index in [0.29, 0.717) is 0 Å². The molecule has 2 rings (SSSR count). The van der Waals surface area contributed by atoms with Crippen molar-refractivity contribution >= 4 is 5.82 Å². The number of likely N-dealkylation sites (tertiary alicyclic amines) is 1. The average Bonchev–Trinajstić information content (AvgIpc) is 2.48. The zero-order valence-electron chi connectivity index (χ0n) is 13.3. The van der Waals surface area contributed by atoms with Crippen LogP contribution in [0.3, 0.4) is 0 Å². The number of anilines is 1. The van der Waals surface area contributed by atoms with Crippen LogP contribution in [-0.4, -0.2) is 48.8 Å². The molecule has 0 radical (unpaired) electrons. The molecule has 1 aliphatic heterocycles. The van der Waals surface area contributed by atoms with Crippen molar-refractivity contribution in [1.82, 2.24) is 9.88 Å². The normalized spacial score (nSPS) is 23.0. The van der Waals surface area contributed by atoms with Crippen LogP contribution >= 0.6 is 0 Å². The molecule has 1 saturated heterocycles. The van der Waals surface area contributed by atoms with Crippen molar-refractivity contribution in [3.8, 4) is 0 Å². The molecule has 1 N–H and O–H groups in total. The van der Waals surface area contributed by atoms with E-state index in [1.54, 1.807) is 0 Å². The molecule has 1 atom stereocenters. The van der Waals surface area contributed by atoms with Crippen LogP contribution in [0.4, 0.5) is 5.82 Å². The Bertz CT molecular complexity index is 458. The van der Waals surface area contributed by atoms with Crippen LogP contribution in [0.1, 0.15) is 24.8 Å². The number of hydrogen-bond acceptors (Lipinski definition) is 4. The molecule has 1 unspecified atom stereocenters. The molecular weight excluding hydrogens is 262 g/mol. The molecule has 0 amide bonds. The van der Waals surface area contributed by atoms with Gasteiger partial charge in [0.25, 0.3) is 0 Å². The van der Waals surface area contributed by atoms with Crippen molar-refractivity contribution in [1.29, 1.82) is 0 Å². The minimum Gasteiger partial charge on any atom is -0.396 e. The van der Waals surface area contributed by atoms with Crippen molar-refractivity contribution in [3.63, 3.8) is 0 Å². The lowest BCUT2D eigenvalue weighted by atomic mass is 9.78. The number of hydrogen-bond donors (Lipinski definition) is 1. The Morgan fingerprint density at radius 2 is 2.29 bits per heavy atom. The molecule has 0 spiro atoms. The summed E-state index contributed by atoms with van der Waals surface area (Å²) in [5, 5.41) is 9.76. The fourth-order valence-electron chi connectivity index (χ4n) is 3.14. The van der Waals surface area contributed by atoms with Gasteiger partial charge in [-0.25, -0.2) is 4.98 Å². The Hall–Kier alpha value is -1.39. The number of piperidine rings is 1. The largest absolute Gasteiger partial charge is 0.396 e. The maximum absolute atomic E-state index is 9.76. The molecule has 0 aromatic carbocycles. The molecule has 4 heteroatoms. The summed E-state index contributed by atoms with van der Waals surface area (Å²) in [5.41, 5.74) is 1.23. The van der Waals surface area contributed by atoms with E-state index in [0.717, 1.165) is 44.7 Å². The van der Waals surface area contributed by atoms with E-state index in [1.807, 2.05) is 31.3 Å². The third-order valence-electron chi connectivity index (χ3n) is 4.33. The summed E-state index contributed by atoms with van der Waals surface area (Å²) in [6.07, 6.45) is 7.00. The van der Waals surface area contributed by atoms with E-state index in [1.165, 1.54) is 5.56 Å². The predicted octanol–water partition coefficient (Wildman–Crippen LogP) is 2.30. The number of aromatic nitrogens is 1. The molecule has 2 heterocycles. The summed E-state index contributed by atoms with van der Waals surface area (Å²) in [7, 11) is 4.00. The lowest BCUT2D eigenvalue weighted by Gasteiger charge is -2.41. The van der Waals surface area contributed by atoms with Crippen LogP contribution in [0.2, 0.25) is 0 Å². The summed E-state index contributed by atoms with van der Waals surface area (Å²) in [4.78, 5) is 8.90. The number of aliphatic hydroxyl groups excluding tert-OH is 1. The molecule has 0 saturated carbocycles. The summed E-state index contributed by atoms with van der Waals surface area (Å²) < 4.78 is 0. The predicted molar refractivity (Wildman–Crippen MR) is 87.4 cm³/mol. The summed E-state index contributed by atoms with van der Waals surface area (Å²) in [5.74, 6) is 0.980. The monoisotopic (exact) mass is 289 g/mol. The topological polar surface area (TPSA) is 39.6 Å². The number of pyridine rings is 1. The van der Waals surface area contributed by atoms with Gasteiger partial charge in [-0.05, 0) is 37.4 Å². The van der Waals surface area contributed by atoms with Crippen LogP contribution in [0.5, 0.6) is 0 Å². The highest BCUT2D eigenvalue weighted by molar-refractivity contribution is 5.37. The van der Waals surface area contributed by atoms with Crippen molar-refractivity contribution in [2.75, 3.05) is 38.7 Å². The highest BCUT2D eigenvalue weighted by Gasteiger charge is 2.33. The van der Waals surface area contributed by atoms with E-state index >= 15 is 0 Å². The molecule has 21 heavy (non-hydrogen) atoms. The standard InChI is InChI=1S/C17H27N3O/c1-4-8-17(14-21)9-5-10-20(13-17)12-15-6-7-16(18-11-15)19(2)3/h4,6-7,11,21H,1,5,8-10,12-14H2,2-3H3. The third-order valence-corrected chi connectivity index (χ3v) is 4.33. The first-order valence-corrected chi connectivity index (χ1v) is 7.65. The van der Waals surface area contributed by atoms with Gasteiger partial charge in [-0.1, -0.05) is 12.1 Å². The molecule has 0 bridgehead atoms. The average molecular weight is 289 g/mol. The number of nitrogens with zero attached hydrogens (tertiary/aromatic N) is 3. The minimum absolute atomic E-state index is 0.00297. The minimum atomic E-state index is -0.00297. The molecule has 116 valence electrons. The number of allylic oxidation sites excluding steroid dienone is 1. The molecule has 0 aliphatic carbocycles. The lowest BCUT2D eigenvalue weighted by Crippen LogP contribution is -2.44. The number of rotatable bonds is 6. The van der Waals surface area contributed by atoms with Gasteiger partial charge in [-0.2, -0.15) is 0 Å². The van der Waals surface area contributed by atoms with Crippen molar-refractivity contribution in [2.24, 2.45) is 5.41 Å². The Labute approximate surface area is 128 Å². The van der Waals surface area contributed by atoms with E-state index < -0.39 is 0 Å². The van der Waals surface area contributed by atoms with Crippen LogP contribution < -0.4 is 4.90 Å². The maximum Gasteiger partial charge on any atom is 0.127 e. The summed E-state index contributed by atoms with van der Waals surface area (Å²) in [6.45, 7) is 7.01. The van der Waals surface area contributed by atoms with E-state index in [2.05, 4.69) is 28.6 Å². The van der Waals surface area contributed by atoms with Gasteiger partial charge in [0, 0.05) is 38.8 Å². The fourth-order valence-corrected chi connectivity index (χ4v) is 3.14. The third kappa shape index (κ3) is 4.05. The lowest BCUT2D eigenvalue weighted by molar-refractivity contribution is 0.0309. The molecule has 4 nitrogen and oxygen atoms in total. The van der Waals surface area contributed by atoms with Crippen LogP contribution in [0.25, 0.3) is 0 Å². The maximum atomic E-state index is 9.76. The van der Waals surface area contributed by atoms with E-state index in [-0.39, 0.29) is 12.0 Å². The second-order valence-corrected chi connectivity index (χ2v) is 6.38. The van der Waals surface area contributed by atoms with Crippen molar-refractivity contribution < 1.29 is 5.11 Å². The SMILES string of the molecule is C=CCC1(CO)CCCN(Cc2ccc(N(C)C)nc2)C1. The quantitative estimate of drug-likeness (QED) is 0.816. The highest BCUT2D eigenvalue weighted by Crippen LogP contribution is 2.33. The Kier molecular flexibility index (Phi) is 5.37. The second-order valence-electron chi connectivity index (χ2n) is 6.38. The first kappa shape index (κ1) is 16.0. The van der Waals surface area contributed by atoms with Crippen LogP contribution in [-0.2, 0) is 6.54 Å². The Morgan fingerprint density at radius 3 is 2.86 bits per heavy atom. The van der Waals surface area contributed by atoms with Gasteiger partial charge in [0.05, 0.1) is 6.61 Å². The highest BCUT2D eigenvalue weighted by atomic mass is 16.3. The molecule has 1 fully saturated rings. The number of aliphatic hydroxyl groups is 1.